The number of benzene rings is 1. The molecule has 4 rings (SSSR count). The van der Waals surface area contributed by atoms with Gasteiger partial charge in [0.2, 0.25) is 17.7 Å². The van der Waals surface area contributed by atoms with Crippen LogP contribution >= 0.6 is 0 Å². The Balaban J connectivity index is 1.49. The molecule has 5 atom stereocenters. The summed E-state index contributed by atoms with van der Waals surface area (Å²) >= 11 is 0. The van der Waals surface area contributed by atoms with E-state index in [1.807, 2.05) is 44.2 Å². The lowest BCUT2D eigenvalue weighted by atomic mass is 9.83. The summed E-state index contributed by atoms with van der Waals surface area (Å²) in [5.41, 5.74) is 19.9. The Bertz CT molecular complexity index is 1630. The molecular weight excluding hydrogens is 729 g/mol. The molecule has 10 N–H and O–H groups in total. The number of carbonyl (C=O) groups is 5. The Kier molecular flexibility index (Phi) is 17.8. The molecular formula is C41H64N10O6. The van der Waals surface area contributed by atoms with Crippen LogP contribution in [0.15, 0.2) is 36.5 Å². The maximum absolute atomic E-state index is 14.4. The van der Waals surface area contributed by atoms with Crippen LogP contribution in [0, 0.1) is 18.8 Å². The van der Waals surface area contributed by atoms with Gasteiger partial charge in [0.05, 0.1) is 18.6 Å². The van der Waals surface area contributed by atoms with Crippen LogP contribution in [0.2, 0.25) is 0 Å². The molecule has 314 valence electrons. The average molecular weight is 793 g/mol. The van der Waals surface area contributed by atoms with Gasteiger partial charge in [0.15, 0.2) is 0 Å². The molecule has 2 heterocycles. The zero-order valence-electron chi connectivity index (χ0n) is 33.8. The number of amides is 6. The molecule has 16 nitrogen and oxygen atoms in total. The number of nitrogens with one attached hydrogen (secondary N) is 3. The molecule has 2 fully saturated rings. The number of urea groups is 1. The van der Waals surface area contributed by atoms with Crippen LogP contribution in [-0.4, -0.2) is 104 Å². The number of carbonyl (C=O) groups excluding carboxylic acids is 5. The van der Waals surface area contributed by atoms with Crippen molar-refractivity contribution in [2.24, 2.45) is 23.3 Å². The highest BCUT2D eigenvalue weighted by Gasteiger charge is 2.37. The molecule has 0 radical (unpaired) electrons. The van der Waals surface area contributed by atoms with Crippen molar-refractivity contribution in [3.05, 3.63) is 53.5 Å². The number of nitrogens with two attached hydrogens (primary N) is 3. The highest BCUT2D eigenvalue weighted by atomic mass is 16.3. The standard InChI is InChI=1S/C41H64N10O6/c1-4-26(2)37(47-25-30-24-46-27(3)48-38(30)44)40(56)51(36(54)23-34(52)32(43)21-28-11-7-5-8-12-28)35(53)15-18-45-39(55)33(22-29-13-9-6-10-14-29)49-41(57)50-19-16-31(42)17-20-50/h6,9-10,13-14,24,26,28,31-34,37,47,52H,4-5,7-8,11-12,15-23,25,42-43H2,1-3H3,(H,45,55)(H,49,57)(H2,44,46,48). The molecule has 1 saturated carbocycles. The summed E-state index contributed by atoms with van der Waals surface area (Å²) < 4.78 is 0. The van der Waals surface area contributed by atoms with Crippen molar-refractivity contribution >= 4 is 35.5 Å². The zero-order valence-corrected chi connectivity index (χ0v) is 33.8. The first-order valence-electron chi connectivity index (χ1n) is 20.5. The Hall–Kier alpha value is -4.51. The molecule has 6 amide bonds. The van der Waals surface area contributed by atoms with Gasteiger partial charge in [0.1, 0.15) is 17.7 Å². The number of imide groups is 3. The number of aliphatic hydroxyl groups is 1. The first kappa shape index (κ1) is 45.2. The number of rotatable bonds is 18. The molecule has 5 unspecified atom stereocenters. The molecule has 0 spiro atoms. The van der Waals surface area contributed by atoms with Gasteiger partial charge in [0.25, 0.3) is 5.91 Å². The summed E-state index contributed by atoms with van der Waals surface area (Å²) in [6.07, 6.45) is 7.27. The number of likely N-dealkylation sites (tertiary alicyclic amines) is 1. The molecule has 2 aromatic rings. The van der Waals surface area contributed by atoms with Crippen LogP contribution in [0.5, 0.6) is 0 Å². The number of nitrogen functional groups attached to an aromatic ring is 1. The maximum Gasteiger partial charge on any atom is 0.318 e. The minimum absolute atomic E-state index is 0.0210. The maximum atomic E-state index is 14.4. The van der Waals surface area contributed by atoms with Gasteiger partial charge in [-0.2, -0.15) is 0 Å². The van der Waals surface area contributed by atoms with E-state index in [9.17, 15) is 29.1 Å². The van der Waals surface area contributed by atoms with E-state index in [0.29, 0.717) is 61.0 Å². The van der Waals surface area contributed by atoms with Gasteiger partial charge in [-0.1, -0.05) is 82.7 Å². The number of hydrogen-bond acceptors (Lipinski definition) is 12. The lowest BCUT2D eigenvalue weighted by molar-refractivity contribution is -0.156. The topological polar surface area (TPSA) is 252 Å². The number of aryl methyl sites for hydroxylation is 1. The van der Waals surface area contributed by atoms with Crippen molar-refractivity contribution in [1.82, 2.24) is 35.7 Å². The zero-order chi connectivity index (χ0) is 41.5. The first-order chi connectivity index (χ1) is 27.3. The lowest BCUT2D eigenvalue weighted by Crippen LogP contribution is -2.56. The number of aromatic nitrogens is 2. The van der Waals surface area contributed by atoms with Crippen molar-refractivity contribution < 1.29 is 29.1 Å². The van der Waals surface area contributed by atoms with Crippen molar-refractivity contribution in [3.8, 4) is 0 Å². The Labute approximate surface area is 336 Å². The molecule has 57 heavy (non-hydrogen) atoms. The average Bonchev–Trinajstić information content (AvgIpc) is 3.19. The molecule has 2 aliphatic rings. The third-order valence-corrected chi connectivity index (χ3v) is 11.3. The second-order valence-electron chi connectivity index (χ2n) is 15.8. The van der Waals surface area contributed by atoms with E-state index in [2.05, 4.69) is 25.9 Å². The van der Waals surface area contributed by atoms with Gasteiger partial charge < -0.3 is 43.2 Å². The van der Waals surface area contributed by atoms with Crippen LogP contribution in [0.1, 0.15) is 101 Å². The van der Waals surface area contributed by atoms with E-state index in [-0.39, 0.29) is 43.3 Å². The van der Waals surface area contributed by atoms with E-state index in [1.54, 1.807) is 18.0 Å². The molecule has 1 aliphatic carbocycles. The third kappa shape index (κ3) is 13.8. The summed E-state index contributed by atoms with van der Waals surface area (Å²) in [4.78, 5) is 79.8. The molecule has 1 aliphatic heterocycles. The molecule has 1 saturated heterocycles. The minimum Gasteiger partial charge on any atom is -0.391 e. The summed E-state index contributed by atoms with van der Waals surface area (Å²) in [6, 6.07) is 6.18. The Morgan fingerprint density at radius 2 is 1.70 bits per heavy atom. The predicted octanol–water partition coefficient (Wildman–Crippen LogP) is 2.05. The van der Waals surface area contributed by atoms with Gasteiger partial charge >= 0.3 is 6.03 Å². The molecule has 0 bridgehead atoms. The highest BCUT2D eigenvalue weighted by Crippen LogP contribution is 2.28. The summed E-state index contributed by atoms with van der Waals surface area (Å²) in [7, 11) is 0. The minimum atomic E-state index is -1.28. The fourth-order valence-corrected chi connectivity index (χ4v) is 7.48. The van der Waals surface area contributed by atoms with Crippen molar-refractivity contribution in [3.63, 3.8) is 0 Å². The summed E-state index contributed by atoms with van der Waals surface area (Å²) in [6.45, 7) is 6.22. The Morgan fingerprint density at radius 1 is 1.02 bits per heavy atom. The smallest absolute Gasteiger partial charge is 0.318 e. The van der Waals surface area contributed by atoms with Crippen LogP contribution < -0.4 is 33.2 Å². The number of aliphatic hydroxyl groups excluding tert-OH is 1. The van der Waals surface area contributed by atoms with Crippen LogP contribution in [-0.2, 0) is 32.1 Å². The van der Waals surface area contributed by atoms with Gasteiger partial charge in [-0.3, -0.25) is 19.2 Å². The number of hydrogen-bond donors (Lipinski definition) is 7. The van der Waals surface area contributed by atoms with Crippen LogP contribution in [0.25, 0.3) is 0 Å². The number of nitrogens with zero attached hydrogens (tertiary/aromatic N) is 4. The largest absolute Gasteiger partial charge is 0.391 e. The summed E-state index contributed by atoms with van der Waals surface area (Å²) in [5.74, 6) is -2.31. The van der Waals surface area contributed by atoms with Gasteiger partial charge in [0, 0.05) is 62.9 Å². The van der Waals surface area contributed by atoms with E-state index in [1.165, 1.54) is 0 Å². The normalized spacial score (nSPS) is 17.8. The van der Waals surface area contributed by atoms with Crippen molar-refractivity contribution in [1.29, 1.82) is 0 Å². The molecule has 16 heteroatoms. The lowest BCUT2D eigenvalue weighted by Gasteiger charge is -2.31. The van der Waals surface area contributed by atoms with Gasteiger partial charge in [-0.25, -0.2) is 19.7 Å². The van der Waals surface area contributed by atoms with Crippen LogP contribution in [0.4, 0.5) is 10.6 Å². The second-order valence-corrected chi connectivity index (χ2v) is 15.8. The quantitative estimate of drug-likeness (QED) is 0.115. The SMILES string of the molecule is CCC(C)C(NCc1cnc(C)nc1N)C(=O)N(C(=O)CCNC(=O)C(Cc1ccccc1)NC(=O)N1CCC(N)CC1)C(=O)CC(O)C(N)CC1CCCCC1. The fourth-order valence-electron chi connectivity index (χ4n) is 7.48. The van der Waals surface area contributed by atoms with Crippen molar-refractivity contribution in [2.75, 3.05) is 25.4 Å². The van der Waals surface area contributed by atoms with Gasteiger partial charge in [-0.15, -0.1) is 0 Å². The predicted molar refractivity (Wildman–Crippen MR) is 217 cm³/mol. The Morgan fingerprint density at radius 3 is 2.35 bits per heavy atom. The third-order valence-electron chi connectivity index (χ3n) is 11.3. The van der Waals surface area contributed by atoms with E-state index < -0.39 is 60.7 Å². The first-order valence-corrected chi connectivity index (χ1v) is 20.5. The van der Waals surface area contributed by atoms with E-state index in [4.69, 9.17) is 17.2 Å². The summed E-state index contributed by atoms with van der Waals surface area (Å²) in [5, 5.41) is 19.8. The van der Waals surface area contributed by atoms with Crippen molar-refractivity contribution in [2.45, 2.75) is 135 Å². The highest BCUT2D eigenvalue weighted by molar-refractivity contribution is 6.12. The van der Waals surface area contributed by atoms with Gasteiger partial charge in [-0.05, 0) is 43.6 Å². The second kappa shape index (κ2) is 22.4. The molecule has 1 aromatic heterocycles. The fraction of sp³-hybridized carbons (Fsp3) is 0.634. The number of anilines is 1. The number of piperidine rings is 1. The molecule has 1 aromatic carbocycles. The monoisotopic (exact) mass is 793 g/mol. The van der Waals surface area contributed by atoms with Crippen LogP contribution in [0.3, 0.4) is 0 Å². The van der Waals surface area contributed by atoms with E-state index in [0.717, 1.165) is 37.7 Å². The van der Waals surface area contributed by atoms with E-state index >= 15 is 0 Å².